The molecule has 1 unspecified atom stereocenters. The minimum atomic E-state index is -0.0547. The highest BCUT2D eigenvalue weighted by Gasteiger charge is 2.09. The summed E-state index contributed by atoms with van der Waals surface area (Å²) >= 11 is 0. The predicted octanol–water partition coefficient (Wildman–Crippen LogP) is 3.36. The summed E-state index contributed by atoms with van der Waals surface area (Å²) in [6.07, 6.45) is -0.0547. The van der Waals surface area contributed by atoms with Crippen molar-refractivity contribution in [1.82, 2.24) is 10.6 Å². The van der Waals surface area contributed by atoms with Gasteiger partial charge in [-0.05, 0) is 37.1 Å². The van der Waals surface area contributed by atoms with Crippen molar-refractivity contribution in [3.63, 3.8) is 0 Å². The fourth-order valence-corrected chi connectivity index (χ4v) is 2.73. The van der Waals surface area contributed by atoms with E-state index in [1.807, 2.05) is 50.2 Å². The van der Waals surface area contributed by atoms with Crippen LogP contribution in [0.3, 0.4) is 0 Å². The Bertz CT molecular complexity index is 749. The molecule has 0 aliphatic rings. The van der Waals surface area contributed by atoms with Crippen LogP contribution in [0.4, 0.5) is 0 Å². The van der Waals surface area contributed by atoms with Gasteiger partial charge in [0.1, 0.15) is 6.10 Å². The molecule has 152 valence electrons. The van der Waals surface area contributed by atoms with Gasteiger partial charge in [-0.1, -0.05) is 36.4 Å². The molecule has 0 amide bonds. The number of rotatable bonds is 10. The van der Waals surface area contributed by atoms with E-state index in [0.29, 0.717) is 19.7 Å². The van der Waals surface area contributed by atoms with Crippen molar-refractivity contribution in [2.24, 2.45) is 4.99 Å². The smallest absolute Gasteiger partial charge is 0.191 e. The maximum absolute atomic E-state index is 5.99. The molecule has 6 nitrogen and oxygen atoms in total. The van der Waals surface area contributed by atoms with Gasteiger partial charge in [0.15, 0.2) is 17.5 Å². The lowest BCUT2D eigenvalue weighted by molar-refractivity contribution is 0.184. The highest BCUT2D eigenvalue weighted by atomic mass is 16.5. The van der Waals surface area contributed by atoms with Gasteiger partial charge in [0.05, 0.1) is 26.8 Å². The molecule has 6 heteroatoms. The van der Waals surface area contributed by atoms with E-state index >= 15 is 0 Å². The lowest BCUT2D eigenvalue weighted by Crippen LogP contribution is -2.41. The topological polar surface area (TPSA) is 64.1 Å². The first-order valence-corrected chi connectivity index (χ1v) is 9.55. The maximum Gasteiger partial charge on any atom is 0.191 e. The zero-order chi connectivity index (χ0) is 20.2. The van der Waals surface area contributed by atoms with E-state index in [9.17, 15) is 0 Å². The Balaban J connectivity index is 1.95. The first-order chi connectivity index (χ1) is 13.7. The Kier molecular flexibility index (Phi) is 9.15. The highest BCUT2D eigenvalue weighted by Crippen LogP contribution is 2.26. The molecule has 1 atom stereocenters. The van der Waals surface area contributed by atoms with Crippen molar-refractivity contribution in [2.75, 3.05) is 27.3 Å². The second kappa shape index (κ2) is 11.9. The second-order valence-corrected chi connectivity index (χ2v) is 6.36. The SMILES string of the molecule is CCNC(=NCc1ccccc1COC)NCC(C)Oc1ccccc1OC. The fourth-order valence-electron chi connectivity index (χ4n) is 2.73. The van der Waals surface area contributed by atoms with Crippen molar-refractivity contribution in [2.45, 2.75) is 33.1 Å². The number of guanidine groups is 1. The third-order valence-electron chi connectivity index (χ3n) is 4.12. The van der Waals surface area contributed by atoms with E-state index < -0.39 is 0 Å². The number of ether oxygens (including phenoxy) is 3. The average Bonchev–Trinajstić information content (AvgIpc) is 2.71. The summed E-state index contributed by atoms with van der Waals surface area (Å²) in [4.78, 5) is 4.70. The van der Waals surface area contributed by atoms with E-state index in [0.717, 1.165) is 35.1 Å². The molecule has 0 heterocycles. The molecule has 0 aromatic heterocycles. The molecule has 0 bridgehead atoms. The van der Waals surface area contributed by atoms with Gasteiger partial charge in [0.2, 0.25) is 0 Å². The Morgan fingerprint density at radius 3 is 2.32 bits per heavy atom. The molecule has 0 fully saturated rings. The lowest BCUT2D eigenvalue weighted by atomic mass is 10.1. The molecule has 0 saturated heterocycles. The number of hydrogen-bond acceptors (Lipinski definition) is 4. The summed E-state index contributed by atoms with van der Waals surface area (Å²) in [6.45, 7) is 6.62. The Morgan fingerprint density at radius 1 is 0.964 bits per heavy atom. The second-order valence-electron chi connectivity index (χ2n) is 6.36. The third-order valence-corrected chi connectivity index (χ3v) is 4.12. The van der Waals surface area contributed by atoms with Crippen molar-refractivity contribution in [3.8, 4) is 11.5 Å². The number of methoxy groups -OCH3 is 2. The molecule has 2 aromatic carbocycles. The van der Waals surface area contributed by atoms with Crippen molar-refractivity contribution in [3.05, 3.63) is 59.7 Å². The first-order valence-electron chi connectivity index (χ1n) is 9.55. The normalized spacial score (nSPS) is 12.4. The van der Waals surface area contributed by atoms with Crippen LogP contribution in [0.5, 0.6) is 11.5 Å². The van der Waals surface area contributed by atoms with Crippen LogP contribution < -0.4 is 20.1 Å². The standard InChI is InChI=1S/C22H31N3O3/c1-5-23-22(25-15-18-10-6-7-11-19(18)16-26-3)24-14-17(2)28-21-13-9-8-12-20(21)27-4/h6-13,17H,5,14-16H2,1-4H3,(H2,23,24,25). The molecule has 0 radical (unpaired) electrons. The molecule has 2 aromatic rings. The van der Waals surface area contributed by atoms with Gasteiger partial charge in [-0.2, -0.15) is 0 Å². The predicted molar refractivity (Wildman–Crippen MR) is 113 cm³/mol. The number of nitrogens with zero attached hydrogens (tertiary/aromatic N) is 1. The van der Waals surface area contributed by atoms with Crippen LogP contribution in [0.15, 0.2) is 53.5 Å². The van der Waals surface area contributed by atoms with Crippen LogP contribution >= 0.6 is 0 Å². The Morgan fingerprint density at radius 2 is 1.64 bits per heavy atom. The van der Waals surface area contributed by atoms with Crippen LogP contribution in [-0.2, 0) is 17.9 Å². The van der Waals surface area contributed by atoms with Gasteiger partial charge < -0.3 is 24.8 Å². The van der Waals surface area contributed by atoms with E-state index in [1.54, 1.807) is 14.2 Å². The zero-order valence-electron chi connectivity index (χ0n) is 17.2. The maximum atomic E-state index is 5.99. The number of aliphatic imine (C=N–C) groups is 1. The summed E-state index contributed by atoms with van der Waals surface area (Å²) in [6, 6.07) is 15.8. The van der Waals surface area contributed by atoms with Crippen LogP contribution in [0.1, 0.15) is 25.0 Å². The Labute approximate surface area is 167 Å². The summed E-state index contributed by atoms with van der Waals surface area (Å²) in [7, 11) is 3.34. The van der Waals surface area contributed by atoms with Crippen LogP contribution in [0.25, 0.3) is 0 Å². The molecule has 2 rings (SSSR count). The average molecular weight is 386 g/mol. The number of nitrogens with one attached hydrogen (secondary N) is 2. The summed E-state index contributed by atoms with van der Waals surface area (Å²) in [5.74, 6) is 2.21. The monoisotopic (exact) mass is 385 g/mol. The van der Waals surface area contributed by atoms with Crippen LogP contribution in [0.2, 0.25) is 0 Å². The first kappa shape index (κ1) is 21.6. The van der Waals surface area contributed by atoms with Crippen LogP contribution in [-0.4, -0.2) is 39.4 Å². The lowest BCUT2D eigenvalue weighted by Gasteiger charge is -2.19. The number of para-hydroxylation sites is 2. The highest BCUT2D eigenvalue weighted by molar-refractivity contribution is 5.79. The van der Waals surface area contributed by atoms with Crippen molar-refractivity contribution < 1.29 is 14.2 Å². The molecule has 28 heavy (non-hydrogen) atoms. The molecule has 0 aliphatic heterocycles. The molecule has 0 aliphatic carbocycles. The summed E-state index contributed by atoms with van der Waals surface area (Å²) in [5.41, 5.74) is 2.30. The van der Waals surface area contributed by atoms with Crippen molar-refractivity contribution in [1.29, 1.82) is 0 Å². The van der Waals surface area contributed by atoms with E-state index in [-0.39, 0.29) is 6.10 Å². The largest absolute Gasteiger partial charge is 0.493 e. The van der Waals surface area contributed by atoms with Gasteiger partial charge in [-0.25, -0.2) is 4.99 Å². The molecule has 0 spiro atoms. The van der Waals surface area contributed by atoms with Gasteiger partial charge in [-0.3, -0.25) is 0 Å². The quantitative estimate of drug-likeness (QED) is 0.485. The van der Waals surface area contributed by atoms with E-state index in [2.05, 4.69) is 22.8 Å². The third kappa shape index (κ3) is 6.78. The number of hydrogen-bond donors (Lipinski definition) is 2. The van der Waals surface area contributed by atoms with E-state index in [4.69, 9.17) is 19.2 Å². The van der Waals surface area contributed by atoms with Crippen LogP contribution in [0, 0.1) is 0 Å². The van der Waals surface area contributed by atoms with Gasteiger partial charge in [-0.15, -0.1) is 0 Å². The van der Waals surface area contributed by atoms with Gasteiger partial charge >= 0.3 is 0 Å². The zero-order valence-corrected chi connectivity index (χ0v) is 17.2. The molecular weight excluding hydrogens is 354 g/mol. The van der Waals surface area contributed by atoms with Gasteiger partial charge in [0, 0.05) is 13.7 Å². The molecular formula is C22H31N3O3. The van der Waals surface area contributed by atoms with Crippen molar-refractivity contribution >= 4 is 5.96 Å². The van der Waals surface area contributed by atoms with Gasteiger partial charge in [0.25, 0.3) is 0 Å². The van der Waals surface area contributed by atoms with E-state index in [1.165, 1.54) is 0 Å². The minimum absolute atomic E-state index is 0.0547. The fraction of sp³-hybridized carbons (Fsp3) is 0.409. The summed E-state index contributed by atoms with van der Waals surface area (Å²) in [5, 5.41) is 6.62. The molecule has 0 saturated carbocycles. The number of benzene rings is 2. The molecule has 2 N–H and O–H groups in total. The Hall–Kier alpha value is -2.73. The summed E-state index contributed by atoms with van der Waals surface area (Å²) < 4.78 is 16.6. The minimum Gasteiger partial charge on any atom is -0.493 e.